The summed E-state index contributed by atoms with van der Waals surface area (Å²) in [4.78, 5) is 16.4. The van der Waals surface area contributed by atoms with E-state index < -0.39 is 0 Å². The van der Waals surface area contributed by atoms with Crippen molar-refractivity contribution in [2.24, 2.45) is 0 Å². The first-order valence-electron chi connectivity index (χ1n) is 7.27. The number of carbonyl (C=O) groups excluding carboxylic acids is 1. The molecule has 2 saturated carbocycles. The summed E-state index contributed by atoms with van der Waals surface area (Å²) < 4.78 is 0. The Morgan fingerprint density at radius 3 is 2.39 bits per heavy atom. The number of hydrogen-bond donors (Lipinski definition) is 1. The highest BCUT2D eigenvalue weighted by molar-refractivity contribution is 5.78. The smallest absolute Gasteiger partial charge is 0.236 e. The molecule has 0 radical (unpaired) electrons. The molecular formula is C14H27N3O. The molecule has 0 saturated heterocycles. The van der Waals surface area contributed by atoms with Crippen LogP contribution in [0.3, 0.4) is 0 Å². The van der Waals surface area contributed by atoms with Gasteiger partial charge in [0.05, 0.1) is 6.54 Å². The zero-order chi connectivity index (χ0) is 13.2. The predicted octanol–water partition coefficient (Wildman–Crippen LogP) is 1.07. The summed E-state index contributed by atoms with van der Waals surface area (Å²) >= 11 is 0. The molecule has 2 rings (SSSR count). The van der Waals surface area contributed by atoms with Gasteiger partial charge in [-0.1, -0.05) is 0 Å². The summed E-state index contributed by atoms with van der Waals surface area (Å²) in [6.07, 6.45) is 6.21. The summed E-state index contributed by atoms with van der Waals surface area (Å²) in [7, 11) is 4.29. The van der Waals surface area contributed by atoms with Crippen molar-refractivity contribution in [2.75, 3.05) is 33.7 Å². The van der Waals surface area contributed by atoms with E-state index in [-0.39, 0.29) is 5.91 Å². The van der Waals surface area contributed by atoms with E-state index in [1.807, 2.05) is 4.90 Å². The minimum absolute atomic E-state index is 0.272. The molecule has 0 unspecified atom stereocenters. The number of rotatable bonds is 7. The highest BCUT2D eigenvalue weighted by Crippen LogP contribution is 2.35. The molecule has 0 heterocycles. The van der Waals surface area contributed by atoms with E-state index in [9.17, 15) is 4.79 Å². The lowest BCUT2D eigenvalue weighted by Gasteiger charge is -2.47. The lowest BCUT2D eigenvalue weighted by Crippen LogP contribution is -2.57. The molecular weight excluding hydrogens is 226 g/mol. The predicted molar refractivity (Wildman–Crippen MR) is 73.5 cm³/mol. The maximum atomic E-state index is 12.1. The van der Waals surface area contributed by atoms with Crippen LogP contribution in [0.1, 0.15) is 39.0 Å². The van der Waals surface area contributed by atoms with Crippen molar-refractivity contribution < 1.29 is 4.79 Å². The van der Waals surface area contributed by atoms with E-state index >= 15 is 0 Å². The van der Waals surface area contributed by atoms with E-state index in [0.717, 1.165) is 13.1 Å². The van der Waals surface area contributed by atoms with Gasteiger partial charge in [-0.2, -0.15) is 0 Å². The number of nitrogens with one attached hydrogen (secondary N) is 1. The van der Waals surface area contributed by atoms with E-state index in [1.165, 1.54) is 32.1 Å². The van der Waals surface area contributed by atoms with Crippen LogP contribution in [0.2, 0.25) is 0 Å². The molecule has 0 aromatic rings. The maximum absolute atomic E-state index is 12.1. The molecule has 4 nitrogen and oxygen atoms in total. The zero-order valence-corrected chi connectivity index (χ0v) is 12.0. The molecule has 2 fully saturated rings. The third kappa shape index (κ3) is 2.86. The molecule has 0 atom stereocenters. The monoisotopic (exact) mass is 253 g/mol. The van der Waals surface area contributed by atoms with Gasteiger partial charge in [0.2, 0.25) is 5.91 Å². The first-order valence-corrected chi connectivity index (χ1v) is 7.27. The Bertz CT molecular complexity index is 295. The topological polar surface area (TPSA) is 35.6 Å². The van der Waals surface area contributed by atoms with Crippen molar-refractivity contribution in [3.05, 3.63) is 0 Å². The van der Waals surface area contributed by atoms with Crippen LogP contribution >= 0.6 is 0 Å². The van der Waals surface area contributed by atoms with Crippen LogP contribution in [0.5, 0.6) is 0 Å². The average Bonchev–Trinajstić information content (AvgIpc) is 3.06. The fourth-order valence-corrected chi connectivity index (χ4v) is 2.90. The standard InChI is InChI=1S/C14H27N3O/c1-4-17(12-6-7-12)13(18)10-15-11-14(16(2)3)8-5-9-14/h12,15H,4-11H2,1-3H3. The maximum Gasteiger partial charge on any atom is 0.236 e. The molecule has 2 aliphatic rings. The zero-order valence-electron chi connectivity index (χ0n) is 12.0. The number of likely N-dealkylation sites (N-methyl/N-ethyl adjacent to an activating group) is 2. The van der Waals surface area contributed by atoms with Gasteiger partial charge in [-0.3, -0.25) is 4.79 Å². The second-order valence-electron chi connectivity index (χ2n) is 5.99. The van der Waals surface area contributed by atoms with Gasteiger partial charge in [0.1, 0.15) is 0 Å². The van der Waals surface area contributed by atoms with Gasteiger partial charge in [-0.25, -0.2) is 0 Å². The largest absolute Gasteiger partial charge is 0.339 e. The van der Waals surface area contributed by atoms with Crippen LogP contribution in [0.15, 0.2) is 0 Å². The minimum atomic E-state index is 0.272. The lowest BCUT2D eigenvalue weighted by atomic mass is 9.75. The third-order valence-electron chi connectivity index (χ3n) is 4.61. The summed E-state index contributed by atoms with van der Waals surface area (Å²) in [5.41, 5.74) is 0.302. The van der Waals surface area contributed by atoms with E-state index in [1.54, 1.807) is 0 Å². The second kappa shape index (κ2) is 5.57. The van der Waals surface area contributed by atoms with Crippen molar-refractivity contribution in [1.82, 2.24) is 15.1 Å². The Balaban J connectivity index is 1.72. The van der Waals surface area contributed by atoms with E-state index in [2.05, 4.69) is 31.2 Å². The molecule has 4 heteroatoms. The molecule has 0 aromatic carbocycles. The van der Waals surface area contributed by atoms with Crippen molar-refractivity contribution in [2.45, 2.75) is 50.6 Å². The van der Waals surface area contributed by atoms with Crippen LogP contribution in [-0.2, 0) is 4.79 Å². The summed E-state index contributed by atoms with van der Waals surface area (Å²) in [6.45, 7) is 4.36. The van der Waals surface area contributed by atoms with Crippen LogP contribution < -0.4 is 5.32 Å². The van der Waals surface area contributed by atoms with Gasteiger partial charge in [0, 0.05) is 24.7 Å². The first-order chi connectivity index (χ1) is 8.59. The first kappa shape index (κ1) is 13.8. The van der Waals surface area contributed by atoms with Crippen molar-refractivity contribution >= 4 is 5.91 Å². The Kier molecular flexibility index (Phi) is 4.28. The van der Waals surface area contributed by atoms with Gasteiger partial charge in [-0.15, -0.1) is 0 Å². The van der Waals surface area contributed by atoms with Gasteiger partial charge in [0.15, 0.2) is 0 Å². The third-order valence-corrected chi connectivity index (χ3v) is 4.61. The molecule has 1 amide bonds. The highest BCUT2D eigenvalue weighted by Gasteiger charge is 2.39. The quantitative estimate of drug-likeness (QED) is 0.737. The molecule has 104 valence electrons. The molecule has 0 spiro atoms. The Hall–Kier alpha value is -0.610. The molecule has 2 aliphatic carbocycles. The Morgan fingerprint density at radius 1 is 1.33 bits per heavy atom. The highest BCUT2D eigenvalue weighted by atomic mass is 16.2. The minimum Gasteiger partial charge on any atom is -0.339 e. The van der Waals surface area contributed by atoms with Crippen LogP contribution in [-0.4, -0.2) is 61.0 Å². The molecule has 0 aromatic heterocycles. The summed E-state index contributed by atoms with van der Waals surface area (Å²) in [5.74, 6) is 0.272. The normalized spacial score (nSPS) is 21.8. The lowest BCUT2D eigenvalue weighted by molar-refractivity contribution is -0.130. The summed E-state index contributed by atoms with van der Waals surface area (Å²) in [6, 6.07) is 0.538. The van der Waals surface area contributed by atoms with Crippen molar-refractivity contribution in [3.8, 4) is 0 Å². The number of nitrogens with zero attached hydrogens (tertiary/aromatic N) is 2. The molecule has 0 aliphatic heterocycles. The number of amides is 1. The summed E-state index contributed by atoms with van der Waals surface area (Å²) in [5, 5.41) is 3.37. The van der Waals surface area contributed by atoms with E-state index in [0.29, 0.717) is 18.1 Å². The van der Waals surface area contributed by atoms with Gasteiger partial charge in [0.25, 0.3) is 0 Å². The van der Waals surface area contributed by atoms with Gasteiger partial charge in [-0.05, 0) is 53.1 Å². The van der Waals surface area contributed by atoms with Crippen LogP contribution in [0.25, 0.3) is 0 Å². The van der Waals surface area contributed by atoms with Crippen LogP contribution in [0, 0.1) is 0 Å². The second-order valence-corrected chi connectivity index (χ2v) is 5.99. The van der Waals surface area contributed by atoms with Crippen LogP contribution in [0.4, 0.5) is 0 Å². The molecule has 1 N–H and O–H groups in total. The number of hydrogen-bond acceptors (Lipinski definition) is 3. The fraction of sp³-hybridized carbons (Fsp3) is 0.929. The van der Waals surface area contributed by atoms with E-state index in [4.69, 9.17) is 0 Å². The average molecular weight is 253 g/mol. The van der Waals surface area contributed by atoms with Gasteiger partial charge >= 0.3 is 0 Å². The Morgan fingerprint density at radius 2 is 2.00 bits per heavy atom. The SMILES string of the molecule is CCN(C(=O)CNCC1(N(C)C)CCC1)C1CC1. The van der Waals surface area contributed by atoms with Crippen molar-refractivity contribution in [3.63, 3.8) is 0 Å². The Labute approximate surface area is 111 Å². The fourth-order valence-electron chi connectivity index (χ4n) is 2.90. The molecule has 18 heavy (non-hydrogen) atoms. The molecule has 0 bridgehead atoms. The van der Waals surface area contributed by atoms with Gasteiger partial charge < -0.3 is 15.1 Å². The van der Waals surface area contributed by atoms with Crippen molar-refractivity contribution in [1.29, 1.82) is 0 Å². The number of carbonyl (C=O) groups is 1.